The normalized spacial score (nSPS) is 16.0. The number of piperidine rings is 1. The second-order valence-corrected chi connectivity index (χ2v) is 9.20. The Labute approximate surface area is 167 Å². The van der Waals surface area contributed by atoms with Crippen molar-refractivity contribution in [3.63, 3.8) is 0 Å². The lowest BCUT2D eigenvalue weighted by Crippen LogP contribution is -2.32. The molecular weight excluding hydrogens is 376 g/mol. The molecule has 0 bridgehead atoms. The van der Waals surface area contributed by atoms with E-state index < -0.39 is 0 Å². The van der Waals surface area contributed by atoms with Crippen molar-refractivity contribution < 1.29 is 4.79 Å². The second-order valence-electron chi connectivity index (χ2n) is 7.23. The van der Waals surface area contributed by atoms with Gasteiger partial charge in [0, 0.05) is 24.8 Å². The van der Waals surface area contributed by atoms with E-state index in [0.29, 0.717) is 18.0 Å². The standard InChI is InChI=1S/C20H24N4OS2/c1-14-8-10-24(11-9-14)12-15-13-26-20(21-15)23-18(25)6-7-19-22-16-4-2-3-5-17(16)27-19/h2-5,13-14H,6-12H2,1H3,(H,21,23,25). The van der Waals surface area contributed by atoms with Crippen LogP contribution in [0.1, 0.15) is 36.9 Å². The van der Waals surface area contributed by atoms with Gasteiger partial charge in [0.15, 0.2) is 5.13 Å². The van der Waals surface area contributed by atoms with E-state index in [1.54, 1.807) is 11.3 Å². The van der Waals surface area contributed by atoms with E-state index in [1.807, 2.05) is 18.2 Å². The predicted octanol–water partition coefficient (Wildman–Crippen LogP) is 4.56. The van der Waals surface area contributed by atoms with Crippen LogP contribution in [0.3, 0.4) is 0 Å². The number of aromatic nitrogens is 2. The Hall–Kier alpha value is -1.83. The molecule has 3 aromatic rings. The Balaban J connectivity index is 1.26. The zero-order valence-corrected chi connectivity index (χ0v) is 17.1. The summed E-state index contributed by atoms with van der Waals surface area (Å²) in [7, 11) is 0. The molecule has 7 heteroatoms. The van der Waals surface area contributed by atoms with Crippen LogP contribution in [0, 0.1) is 5.92 Å². The van der Waals surface area contributed by atoms with Crippen LogP contribution in [0.5, 0.6) is 0 Å². The van der Waals surface area contributed by atoms with E-state index in [1.165, 1.54) is 28.9 Å². The van der Waals surface area contributed by atoms with Crippen molar-refractivity contribution in [3.05, 3.63) is 40.3 Å². The minimum absolute atomic E-state index is 0.00181. The number of nitrogens with zero attached hydrogens (tertiary/aromatic N) is 3. The van der Waals surface area contributed by atoms with Gasteiger partial charge in [-0.1, -0.05) is 19.1 Å². The van der Waals surface area contributed by atoms with Gasteiger partial charge in [-0.05, 0) is 44.0 Å². The monoisotopic (exact) mass is 400 g/mol. The van der Waals surface area contributed by atoms with E-state index >= 15 is 0 Å². The molecule has 142 valence electrons. The second kappa shape index (κ2) is 8.46. The van der Waals surface area contributed by atoms with Gasteiger partial charge < -0.3 is 5.32 Å². The van der Waals surface area contributed by atoms with Crippen LogP contribution in [0.25, 0.3) is 10.2 Å². The number of para-hydroxylation sites is 1. The van der Waals surface area contributed by atoms with E-state index in [4.69, 9.17) is 0 Å². The quantitative estimate of drug-likeness (QED) is 0.659. The zero-order valence-electron chi connectivity index (χ0n) is 15.5. The molecule has 0 atom stereocenters. The number of nitrogens with one attached hydrogen (secondary N) is 1. The molecule has 0 spiro atoms. The van der Waals surface area contributed by atoms with Crippen molar-refractivity contribution >= 4 is 43.9 Å². The number of benzene rings is 1. The lowest BCUT2D eigenvalue weighted by atomic mass is 9.99. The first-order valence-corrected chi connectivity index (χ1v) is 11.2. The van der Waals surface area contributed by atoms with Gasteiger partial charge in [-0.2, -0.15) is 0 Å². The van der Waals surface area contributed by atoms with Crippen molar-refractivity contribution in [2.24, 2.45) is 5.92 Å². The Morgan fingerprint density at radius 2 is 2.07 bits per heavy atom. The molecule has 3 heterocycles. The molecule has 5 nitrogen and oxygen atoms in total. The predicted molar refractivity (Wildman–Crippen MR) is 112 cm³/mol. The third-order valence-electron chi connectivity index (χ3n) is 4.96. The average Bonchev–Trinajstić information content (AvgIpc) is 3.28. The fourth-order valence-corrected chi connectivity index (χ4v) is 5.00. The van der Waals surface area contributed by atoms with Gasteiger partial charge in [0.05, 0.1) is 20.9 Å². The van der Waals surface area contributed by atoms with Gasteiger partial charge in [0.2, 0.25) is 5.91 Å². The zero-order chi connectivity index (χ0) is 18.6. The maximum absolute atomic E-state index is 12.3. The third kappa shape index (κ3) is 4.91. The van der Waals surface area contributed by atoms with Crippen molar-refractivity contribution in [1.82, 2.24) is 14.9 Å². The molecule has 4 rings (SSSR count). The molecule has 0 unspecified atom stereocenters. The number of rotatable bonds is 6. The maximum atomic E-state index is 12.3. The number of fused-ring (bicyclic) bond motifs is 1. The summed E-state index contributed by atoms with van der Waals surface area (Å²) in [5, 5.41) is 6.70. The number of carbonyl (C=O) groups excluding carboxylic acids is 1. The molecule has 0 radical (unpaired) electrons. The number of aryl methyl sites for hydroxylation is 1. The SMILES string of the molecule is CC1CCN(Cc2csc(NC(=O)CCc3nc4ccccc4s3)n2)CC1. The number of amides is 1. The van der Waals surface area contributed by atoms with Crippen LogP contribution in [-0.4, -0.2) is 33.9 Å². The van der Waals surface area contributed by atoms with E-state index in [2.05, 4.69) is 38.6 Å². The fraction of sp³-hybridized carbons (Fsp3) is 0.450. The van der Waals surface area contributed by atoms with Gasteiger partial charge >= 0.3 is 0 Å². The molecule has 0 saturated carbocycles. The third-order valence-corrected chi connectivity index (χ3v) is 6.87. The molecule has 0 aliphatic carbocycles. The summed E-state index contributed by atoms with van der Waals surface area (Å²) in [5.41, 5.74) is 2.06. The molecule has 1 N–H and O–H groups in total. The summed E-state index contributed by atoms with van der Waals surface area (Å²) in [6.07, 6.45) is 3.62. The highest BCUT2D eigenvalue weighted by molar-refractivity contribution is 7.18. The number of hydrogen-bond donors (Lipinski definition) is 1. The number of thiazole rings is 2. The van der Waals surface area contributed by atoms with Crippen molar-refractivity contribution in [3.8, 4) is 0 Å². The topological polar surface area (TPSA) is 58.1 Å². The summed E-state index contributed by atoms with van der Waals surface area (Å²) in [5.74, 6) is 0.837. The summed E-state index contributed by atoms with van der Waals surface area (Å²) in [4.78, 5) is 23.9. The lowest BCUT2D eigenvalue weighted by Gasteiger charge is -2.29. The van der Waals surface area contributed by atoms with Gasteiger partial charge in [-0.25, -0.2) is 9.97 Å². The van der Waals surface area contributed by atoms with E-state index in [0.717, 1.165) is 41.8 Å². The molecule has 1 aliphatic rings. The molecule has 1 saturated heterocycles. The minimum Gasteiger partial charge on any atom is -0.302 e. The van der Waals surface area contributed by atoms with E-state index in [-0.39, 0.29) is 5.91 Å². The number of likely N-dealkylation sites (tertiary alicyclic amines) is 1. The molecule has 2 aromatic heterocycles. The van der Waals surface area contributed by atoms with Gasteiger partial charge in [-0.3, -0.25) is 9.69 Å². The molecule has 1 aromatic carbocycles. The molecule has 27 heavy (non-hydrogen) atoms. The molecular formula is C20H24N4OS2. The number of carbonyl (C=O) groups is 1. The Kier molecular flexibility index (Phi) is 5.80. The van der Waals surface area contributed by atoms with Crippen molar-refractivity contribution in [1.29, 1.82) is 0 Å². The van der Waals surface area contributed by atoms with Crippen LogP contribution < -0.4 is 5.32 Å². The number of anilines is 1. The summed E-state index contributed by atoms with van der Waals surface area (Å²) in [6.45, 7) is 5.48. The fourth-order valence-electron chi connectivity index (χ4n) is 3.32. The van der Waals surface area contributed by atoms with Crippen LogP contribution in [-0.2, 0) is 17.8 Å². The first-order chi connectivity index (χ1) is 13.2. The lowest BCUT2D eigenvalue weighted by molar-refractivity contribution is -0.116. The van der Waals surface area contributed by atoms with Gasteiger partial charge in [-0.15, -0.1) is 22.7 Å². The van der Waals surface area contributed by atoms with Gasteiger partial charge in [0.25, 0.3) is 0 Å². The average molecular weight is 401 g/mol. The molecule has 1 amide bonds. The van der Waals surface area contributed by atoms with Crippen LogP contribution >= 0.6 is 22.7 Å². The largest absolute Gasteiger partial charge is 0.302 e. The first-order valence-electron chi connectivity index (χ1n) is 9.47. The Morgan fingerprint density at radius 3 is 2.89 bits per heavy atom. The van der Waals surface area contributed by atoms with Crippen LogP contribution in [0.4, 0.5) is 5.13 Å². The van der Waals surface area contributed by atoms with Crippen molar-refractivity contribution in [2.75, 3.05) is 18.4 Å². The van der Waals surface area contributed by atoms with E-state index in [9.17, 15) is 4.79 Å². The highest BCUT2D eigenvalue weighted by Crippen LogP contribution is 2.23. The summed E-state index contributed by atoms with van der Waals surface area (Å²) < 4.78 is 1.17. The molecule has 1 fully saturated rings. The molecule has 1 aliphatic heterocycles. The number of hydrogen-bond acceptors (Lipinski definition) is 6. The Morgan fingerprint density at radius 1 is 1.26 bits per heavy atom. The first kappa shape index (κ1) is 18.5. The maximum Gasteiger partial charge on any atom is 0.226 e. The summed E-state index contributed by atoms with van der Waals surface area (Å²) in [6, 6.07) is 8.08. The highest BCUT2D eigenvalue weighted by atomic mass is 32.1. The van der Waals surface area contributed by atoms with Crippen LogP contribution in [0.2, 0.25) is 0 Å². The Bertz CT molecular complexity index is 878. The minimum atomic E-state index is 0.00181. The highest BCUT2D eigenvalue weighted by Gasteiger charge is 2.17. The van der Waals surface area contributed by atoms with Crippen LogP contribution in [0.15, 0.2) is 29.6 Å². The summed E-state index contributed by atoms with van der Waals surface area (Å²) >= 11 is 3.17. The van der Waals surface area contributed by atoms with Crippen molar-refractivity contribution in [2.45, 2.75) is 39.2 Å². The smallest absolute Gasteiger partial charge is 0.226 e. The van der Waals surface area contributed by atoms with Gasteiger partial charge in [0.1, 0.15) is 0 Å².